The largest absolute Gasteiger partial charge is 0.348 e. The molecule has 1 aliphatic heterocycles. The van der Waals surface area contributed by atoms with Crippen LogP contribution < -0.4 is 5.32 Å². The van der Waals surface area contributed by atoms with Gasteiger partial charge in [0.2, 0.25) is 0 Å². The van der Waals surface area contributed by atoms with Crippen LogP contribution in [-0.2, 0) is 6.54 Å². The second-order valence-corrected chi connectivity index (χ2v) is 4.91. The first-order valence-corrected chi connectivity index (χ1v) is 6.64. The number of amides is 2. The van der Waals surface area contributed by atoms with Crippen molar-refractivity contribution in [3.05, 3.63) is 54.1 Å². The average molecular weight is 273 g/mol. The van der Waals surface area contributed by atoms with Crippen molar-refractivity contribution < 1.29 is 9.18 Å². The molecular weight excluding hydrogens is 257 g/mol. The van der Waals surface area contributed by atoms with Gasteiger partial charge >= 0.3 is 6.03 Å². The molecule has 0 unspecified atom stereocenters. The highest BCUT2D eigenvalue weighted by Crippen LogP contribution is 2.26. The summed E-state index contributed by atoms with van der Waals surface area (Å²) in [5, 5.41) is 2.64. The Morgan fingerprint density at radius 2 is 2.05 bits per heavy atom. The zero-order chi connectivity index (χ0) is 14.1. The summed E-state index contributed by atoms with van der Waals surface area (Å²) in [7, 11) is 0. The number of carbonyl (C=O) groups excluding carboxylic acids is 1. The number of hydrogen-bond donors (Lipinski definition) is 1. The number of halogens is 1. The van der Waals surface area contributed by atoms with E-state index < -0.39 is 5.82 Å². The van der Waals surface area contributed by atoms with Gasteiger partial charge in [0, 0.05) is 25.0 Å². The van der Waals surface area contributed by atoms with E-state index in [2.05, 4.69) is 9.88 Å². The maximum absolute atomic E-state index is 13.6. The molecule has 1 aromatic heterocycles. The summed E-state index contributed by atoms with van der Waals surface area (Å²) in [6.45, 7) is 3.35. The monoisotopic (exact) mass is 273 g/mol. The normalized spacial score (nSPS) is 17.7. The van der Waals surface area contributed by atoms with Crippen LogP contribution in [0.4, 0.5) is 14.9 Å². The number of fused-ring (bicyclic) bond motifs is 1. The van der Waals surface area contributed by atoms with E-state index in [1.807, 2.05) is 25.3 Å². The Morgan fingerprint density at radius 3 is 2.85 bits per heavy atom. The summed E-state index contributed by atoms with van der Waals surface area (Å²) in [4.78, 5) is 14.0. The predicted octanol–water partition coefficient (Wildman–Crippen LogP) is 3.24. The van der Waals surface area contributed by atoms with E-state index >= 15 is 0 Å². The highest BCUT2D eigenvalue weighted by molar-refractivity contribution is 5.89. The first kappa shape index (κ1) is 12.7. The Hall–Kier alpha value is -2.30. The van der Waals surface area contributed by atoms with Gasteiger partial charge in [-0.2, -0.15) is 0 Å². The maximum atomic E-state index is 13.6. The second kappa shape index (κ2) is 5.00. The number of urea groups is 1. The van der Waals surface area contributed by atoms with Crippen LogP contribution in [0.25, 0.3) is 0 Å². The van der Waals surface area contributed by atoms with Crippen LogP contribution in [-0.4, -0.2) is 22.0 Å². The highest BCUT2D eigenvalue weighted by atomic mass is 19.1. The molecule has 2 aromatic rings. The van der Waals surface area contributed by atoms with Crippen LogP contribution in [0.2, 0.25) is 0 Å². The third-order valence-electron chi connectivity index (χ3n) is 3.72. The zero-order valence-corrected chi connectivity index (χ0v) is 11.2. The van der Waals surface area contributed by atoms with Gasteiger partial charge < -0.3 is 14.8 Å². The lowest BCUT2D eigenvalue weighted by atomic mass is 10.1. The third-order valence-corrected chi connectivity index (χ3v) is 3.72. The SMILES string of the molecule is C[C@H]1c2cccn2CCN1C(=O)Nc1ccccc1F. The quantitative estimate of drug-likeness (QED) is 0.851. The predicted molar refractivity (Wildman–Crippen MR) is 75.0 cm³/mol. The summed E-state index contributed by atoms with van der Waals surface area (Å²) in [6, 6.07) is 9.88. The second-order valence-electron chi connectivity index (χ2n) is 4.91. The van der Waals surface area contributed by atoms with Crippen LogP contribution >= 0.6 is 0 Å². The molecule has 2 heterocycles. The van der Waals surface area contributed by atoms with E-state index in [0.29, 0.717) is 6.54 Å². The molecule has 1 atom stereocenters. The lowest BCUT2D eigenvalue weighted by Crippen LogP contribution is -2.43. The van der Waals surface area contributed by atoms with Crippen LogP contribution in [0.15, 0.2) is 42.6 Å². The summed E-state index contributed by atoms with van der Waals surface area (Å²) in [5.74, 6) is -0.422. The molecule has 4 nitrogen and oxygen atoms in total. The van der Waals surface area contributed by atoms with Gasteiger partial charge in [-0.15, -0.1) is 0 Å². The molecule has 3 rings (SSSR count). The summed E-state index contributed by atoms with van der Waals surface area (Å²) in [5.41, 5.74) is 1.31. The number of para-hydroxylation sites is 1. The summed E-state index contributed by atoms with van der Waals surface area (Å²) < 4.78 is 15.7. The van der Waals surface area contributed by atoms with E-state index in [-0.39, 0.29) is 17.8 Å². The van der Waals surface area contributed by atoms with Crippen molar-refractivity contribution in [3.8, 4) is 0 Å². The molecule has 0 aliphatic carbocycles. The number of benzene rings is 1. The topological polar surface area (TPSA) is 37.3 Å². The molecule has 0 bridgehead atoms. The molecular formula is C15H16FN3O. The Bertz CT molecular complexity index is 638. The van der Waals surface area contributed by atoms with Crippen molar-refractivity contribution >= 4 is 11.7 Å². The molecule has 1 aliphatic rings. The van der Waals surface area contributed by atoms with Gasteiger partial charge in [0.15, 0.2) is 0 Å². The van der Waals surface area contributed by atoms with Crippen LogP contribution in [0.3, 0.4) is 0 Å². The molecule has 104 valence electrons. The molecule has 0 spiro atoms. The molecule has 0 fully saturated rings. The molecule has 0 saturated carbocycles. The number of nitrogens with one attached hydrogen (secondary N) is 1. The molecule has 1 N–H and O–H groups in total. The number of hydrogen-bond acceptors (Lipinski definition) is 1. The lowest BCUT2D eigenvalue weighted by Gasteiger charge is -2.34. The molecule has 0 radical (unpaired) electrons. The van der Waals surface area contributed by atoms with Gasteiger partial charge in [0.25, 0.3) is 0 Å². The zero-order valence-electron chi connectivity index (χ0n) is 11.2. The first-order valence-electron chi connectivity index (χ1n) is 6.64. The van der Waals surface area contributed by atoms with Crippen molar-refractivity contribution in [2.45, 2.75) is 19.5 Å². The Morgan fingerprint density at radius 1 is 1.25 bits per heavy atom. The fourth-order valence-corrected chi connectivity index (χ4v) is 2.61. The maximum Gasteiger partial charge on any atom is 0.322 e. The van der Waals surface area contributed by atoms with Crippen molar-refractivity contribution in [1.82, 2.24) is 9.47 Å². The number of carbonyl (C=O) groups is 1. The smallest absolute Gasteiger partial charge is 0.322 e. The van der Waals surface area contributed by atoms with Gasteiger partial charge in [-0.05, 0) is 31.2 Å². The molecule has 2 amide bonds. The van der Waals surface area contributed by atoms with E-state index in [1.54, 1.807) is 23.1 Å². The third kappa shape index (κ3) is 2.15. The summed E-state index contributed by atoms with van der Waals surface area (Å²) in [6.07, 6.45) is 2.01. The first-order chi connectivity index (χ1) is 9.66. The highest BCUT2D eigenvalue weighted by Gasteiger charge is 2.27. The standard InChI is InChI=1S/C15H16FN3O/c1-11-14-7-4-8-18(14)9-10-19(11)15(20)17-13-6-3-2-5-12(13)16/h2-8,11H,9-10H2,1H3,(H,17,20)/t11-/m0/s1. The van der Waals surface area contributed by atoms with E-state index in [4.69, 9.17) is 0 Å². The molecule has 5 heteroatoms. The lowest BCUT2D eigenvalue weighted by molar-refractivity contribution is 0.175. The van der Waals surface area contributed by atoms with Gasteiger partial charge in [-0.25, -0.2) is 9.18 Å². The summed E-state index contributed by atoms with van der Waals surface area (Å²) >= 11 is 0. The van der Waals surface area contributed by atoms with Gasteiger partial charge in [0.05, 0.1) is 11.7 Å². The van der Waals surface area contributed by atoms with Crippen molar-refractivity contribution in [1.29, 1.82) is 0 Å². The number of nitrogens with zero attached hydrogens (tertiary/aromatic N) is 2. The van der Waals surface area contributed by atoms with E-state index in [9.17, 15) is 9.18 Å². The fraction of sp³-hybridized carbons (Fsp3) is 0.267. The van der Waals surface area contributed by atoms with Crippen molar-refractivity contribution in [2.24, 2.45) is 0 Å². The molecule has 20 heavy (non-hydrogen) atoms. The van der Waals surface area contributed by atoms with Crippen molar-refractivity contribution in [2.75, 3.05) is 11.9 Å². The Kier molecular flexibility index (Phi) is 3.18. The van der Waals surface area contributed by atoms with Gasteiger partial charge in [-0.1, -0.05) is 12.1 Å². The number of aromatic nitrogens is 1. The average Bonchev–Trinajstić information content (AvgIpc) is 2.91. The minimum atomic E-state index is -0.422. The fourth-order valence-electron chi connectivity index (χ4n) is 2.61. The Labute approximate surface area is 116 Å². The van der Waals surface area contributed by atoms with Crippen LogP contribution in [0, 0.1) is 5.82 Å². The molecule has 1 aromatic carbocycles. The Balaban J connectivity index is 1.77. The molecule has 0 saturated heterocycles. The minimum Gasteiger partial charge on any atom is -0.348 e. The minimum absolute atomic E-state index is 0.0227. The number of anilines is 1. The number of rotatable bonds is 1. The van der Waals surface area contributed by atoms with E-state index in [1.165, 1.54) is 6.07 Å². The van der Waals surface area contributed by atoms with Crippen molar-refractivity contribution in [3.63, 3.8) is 0 Å². The van der Waals surface area contributed by atoms with E-state index in [0.717, 1.165) is 12.2 Å². The van der Waals surface area contributed by atoms with Gasteiger partial charge in [-0.3, -0.25) is 0 Å². The van der Waals surface area contributed by atoms with Crippen LogP contribution in [0.1, 0.15) is 18.7 Å². The van der Waals surface area contributed by atoms with Crippen LogP contribution in [0.5, 0.6) is 0 Å². The van der Waals surface area contributed by atoms with Gasteiger partial charge in [0.1, 0.15) is 5.82 Å².